The lowest BCUT2D eigenvalue weighted by atomic mass is 10.1. The Kier molecular flexibility index (Phi) is 11.0. The Morgan fingerprint density at radius 2 is 1.50 bits per heavy atom. The average molecular weight is 679 g/mol. The number of amides is 3. The van der Waals surface area contributed by atoms with Gasteiger partial charge in [0.15, 0.2) is 0 Å². The van der Waals surface area contributed by atoms with Crippen molar-refractivity contribution < 1.29 is 27.6 Å². The molecule has 0 atom stereocenters. The van der Waals surface area contributed by atoms with Gasteiger partial charge in [0.25, 0.3) is 11.8 Å². The molecular weight excluding hydrogens is 658 g/mol. The van der Waals surface area contributed by atoms with E-state index in [9.17, 15) is 27.6 Å². The predicted molar refractivity (Wildman–Crippen MR) is 169 cm³/mol. The number of carbonyl (C=O) groups is 3. The van der Waals surface area contributed by atoms with Gasteiger partial charge in [0, 0.05) is 31.2 Å². The van der Waals surface area contributed by atoms with Crippen molar-refractivity contribution in [2.24, 2.45) is 0 Å². The molecule has 0 aromatic heterocycles. The molecule has 3 amide bonds. The van der Waals surface area contributed by atoms with Gasteiger partial charge >= 0.3 is 6.18 Å². The van der Waals surface area contributed by atoms with Crippen LogP contribution in [-0.4, -0.2) is 23.5 Å². The summed E-state index contributed by atoms with van der Waals surface area (Å²) in [6.07, 6.45) is -3.30. The minimum Gasteiger partial charge on any atom is -0.325 e. The molecule has 0 aliphatic carbocycles. The van der Waals surface area contributed by atoms with Gasteiger partial charge in [0.2, 0.25) is 5.91 Å². The van der Waals surface area contributed by atoms with E-state index in [-0.39, 0.29) is 21.5 Å². The summed E-state index contributed by atoms with van der Waals surface area (Å²) in [6.45, 7) is 0. The van der Waals surface area contributed by atoms with E-state index in [1.165, 1.54) is 18.2 Å². The van der Waals surface area contributed by atoms with Gasteiger partial charge in [-0.25, -0.2) is 0 Å². The Hall–Kier alpha value is -3.96. The highest BCUT2D eigenvalue weighted by atomic mass is 35.5. The van der Waals surface area contributed by atoms with Crippen LogP contribution in [-0.2, 0) is 15.8 Å². The standard InChI is InChI=1S/C31H21Cl3F3N3O3S/c32-20-11-12-26(24(14-20)31(35,36)37)39-28(41)17-44-23-8-4-7-22(16-23)38-30(43)27(13-19-9-10-21(33)15-25(19)34)40-29(42)18-5-2-1-3-6-18/h1-16H,17H2,(H,38,43)(H,39,41)(H,40,42)/b27-13+. The second-order valence-corrected chi connectivity index (χ2v) is 11.4. The van der Waals surface area contributed by atoms with Crippen molar-refractivity contribution in [2.45, 2.75) is 11.1 Å². The van der Waals surface area contributed by atoms with E-state index < -0.39 is 35.1 Å². The van der Waals surface area contributed by atoms with Gasteiger partial charge in [-0.15, -0.1) is 11.8 Å². The van der Waals surface area contributed by atoms with Crippen molar-refractivity contribution in [1.29, 1.82) is 0 Å². The lowest BCUT2D eigenvalue weighted by Gasteiger charge is -2.14. The minimum absolute atomic E-state index is 0.107. The molecule has 13 heteroatoms. The third-order valence-corrected chi connectivity index (χ3v) is 7.61. The number of benzene rings is 4. The van der Waals surface area contributed by atoms with Crippen molar-refractivity contribution >= 4 is 81.7 Å². The molecule has 4 aromatic carbocycles. The van der Waals surface area contributed by atoms with Crippen LogP contribution in [0.15, 0.2) is 102 Å². The van der Waals surface area contributed by atoms with E-state index in [1.54, 1.807) is 66.7 Å². The first kappa shape index (κ1) is 32.9. The number of alkyl halides is 3. The molecule has 0 heterocycles. The monoisotopic (exact) mass is 677 g/mol. The molecule has 0 aliphatic rings. The molecular formula is C31H21Cl3F3N3O3S. The fourth-order valence-electron chi connectivity index (χ4n) is 3.77. The highest BCUT2D eigenvalue weighted by Crippen LogP contribution is 2.36. The first-order valence-corrected chi connectivity index (χ1v) is 14.7. The number of thioether (sulfide) groups is 1. The van der Waals surface area contributed by atoms with Crippen LogP contribution >= 0.6 is 46.6 Å². The molecule has 44 heavy (non-hydrogen) atoms. The highest BCUT2D eigenvalue weighted by molar-refractivity contribution is 8.00. The average Bonchev–Trinajstić information content (AvgIpc) is 2.98. The smallest absolute Gasteiger partial charge is 0.325 e. The minimum atomic E-state index is -4.71. The lowest BCUT2D eigenvalue weighted by molar-refractivity contribution is -0.137. The van der Waals surface area contributed by atoms with Crippen LogP contribution in [0.5, 0.6) is 0 Å². The largest absolute Gasteiger partial charge is 0.418 e. The SMILES string of the molecule is O=C(CSc1cccc(NC(=O)/C(=C\c2ccc(Cl)cc2Cl)NC(=O)c2ccccc2)c1)Nc1ccc(Cl)cc1C(F)(F)F. The second-order valence-electron chi connectivity index (χ2n) is 9.05. The van der Waals surface area contributed by atoms with Crippen molar-refractivity contribution in [3.63, 3.8) is 0 Å². The van der Waals surface area contributed by atoms with Crippen LogP contribution in [0, 0.1) is 0 Å². The second kappa shape index (κ2) is 14.7. The molecule has 3 N–H and O–H groups in total. The van der Waals surface area contributed by atoms with E-state index in [1.807, 2.05) is 0 Å². The van der Waals surface area contributed by atoms with Gasteiger partial charge in [-0.05, 0) is 72.3 Å². The number of hydrogen-bond donors (Lipinski definition) is 3. The Balaban J connectivity index is 1.47. The number of nitrogens with one attached hydrogen (secondary N) is 3. The van der Waals surface area contributed by atoms with Crippen LogP contribution in [0.3, 0.4) is 0 Å². The van der Waals surface area contributed by atoms with E-state index in [2.05, 4.69) is 16.0 Å². The van der Waals surface area contributed by atoms with Crippen molar-refractivity contribution in [1.82, 2.24) is 5.32 Å². The summed E-state index contributed by atoms with van der Waals surface area (Å²) in [5.41, 5.74) is -0.490. The van der Waals surface area contributed by atoms with Crippen LogP contribution in [0.1, 0.15) is 21.5 Å². The summed E-state index contributed by atoms with van der Waals surface area (Å²) < 4.78 is 40.1. The highest BCUT2D eigenvalue weighted by Gasteiger charge is 2.34. The number of halogens is 6. The maximum Gasteiger partial charge on any atom is 0.418 e. The van der Waals surface area contributed by atoms with Crippen LogP contribution < -0.4 is 16.0 Å². The Labute approximate surface area is 269 Å². The number of hydrogen-bond acceptors (Lipinski definition) is 4. The fourth-order valence-corrected chi connectivity index (χ4v) is 5.16. The molecule has 226 valence electrons. The van der Waals surface area contributed by atoms with Gasteiger partial charge < -0.3 is 16.0 Å². The number of anilines is 2. The first-order valence-electron chi connectivity index (χ1n) is 12.6. The van der Waals surface area contributed by atoms with Crippen LogP contribution in [0.4, 0.5) is 24.5 Å². The Bertz CT molecular complexity index is 1730. The van der Waals surface area contributed by atoms with Crippen LogP contribution in [0.25, 0.3) is 6.08 Å². The molecule has 4 aromatic rings. The first-order chi connectivity index (χ1) is 20.9. The number of carbonyl (C=O) groups excluding carboxylic acids is 3. The van der Waals surface area contributed by atoms with Gasteiger partial charge in [-0.2, -0.15) is 13.2 Å². The molecule has 0 bridgehead atoms. The summed E-state index contributed by atoms with van der Waals surface area (Å²) in [5.74, 6) is -2.08. The maximum absolute atomic E-state index is 13.4. The van der Waals surface area contributed by atoms with E-state index in [0.29, 0.717) is 26.7 Å². The summed E-state index contributed by atoms with van der Waals surface area (Å²) >= 11 is 19.0. The van der Waals surface area contributed by atoms with Gasteiger partial charge in [0.05, 0.1) is 17.0 Å². The summed E-state index contributed by atoms with van der Waals surface area (Å²) in [7, 11) is 0. The fraction of sp³-hybridized carbons (Fsp3) is 0.0645. The third kappa shape index (κ3) is 9.27. The summed E-state index contributed by atoms with van der Waals surface area (Å²) in [4.78, 5) is 39.2. The number of rotatable bonds is 9. The molecule has 0 fully saturated rings. The molecule has 0 saturated carbocycles. The van der Waals surface area contributed by atoms with Crippen molar-refractivity contribution in [3.05, 3.63) is 128 Å². The summed E-state index contributed by atoms with van der Waals surface area (Å²) in [5, 5.41) is 8.12. The normalized spacial score (nSPS) is 11.5. The van der Waals surface area contributed by atoms with Crippen molar-refractivity contribution in [3.8, 4) is 0 Å². The zero-order valence-electron chi connectivity index (χ0n) is 22.3. The van der Waals surface area contributed by atoms with Gasteiger partial charge in [0.1, 0.15) is 5.70 Å². The lowest BCUT2D eigenvalue weighted by Crippen LogP contribution is -2.30. The maximum atomic E-state index is 13.4. The summed E-state index contributed by atoms with van der Waals surface area (Å²) in [6, 6.07) is 22.5. The van der Waals surface area contributed by atoms with E-state index in [0.717, 1.165) is 23.9 Å². The van der Waals surface area contributed by atoms with Gasteiger partial charge in [-0.3, -0.25) is 14.4 Å². The third-order valence-electron chi connectivity index (χ3n) is 5.81. The molecule has 6 nitrogen and oxygen atoms in total. The molecule has 0 radical (unpaired) electrons. The predicted octanol–water partition coefficient (Wildman–Crippen LogP) is 8.81. The molecule has 4 rings (SSSR count). The topological polar surface area (TPSA) is 87.3 Å². The zero-order chi connectivity index (χ0) is 31.9. The zero-order valence-corrected chi connectivity index (χ0v) is 25.4. The quantitative estimate of drug-likeness (QED) is 0.122. The Morgan fingerprint density at radius 1 is 0.795 bits per heavy atom. The van der Waals surface area contributed by atoms with Crippen LogP contribution in [0.2, 0.25) is 15.1 Å². The van der Waals surface area contributed by atoms with E-state index >= 15 is 0 Å². The van der Waals surface area contributed by atoms with E-state index in [4.69, 9.17) is 34.8 Å². The van der Waals surface area contributed by atoms with Gasteiger partial charge in [-0.1, -0.05) is 65.1 Å². The molecule has 0 aliphatic heterocycles. The Morgan fingerprint density at radius 3 is 2.20 bits per heavy atom. The molecule has 0 unspecified atom stereocenters. The van der Waals surface area contributed by atoms with Crippen molar-refractivity contribution in [2.75, 3.05) is 16.4 Å². The molecule has 0 saturated heterocycles. The molecule has 0 spiro atoms.